The van der Waals surface area contributed by atoms with Gasteiger partial charge in [0.15, 0.2) is 0 Å². The highest BCUT2D eigenvalue weighted by Crippen LogP contribution is 2.58. The van der Waals surface area contributed by atoms with Gasteiger partial charge in [-0.25, -0.2) is 4.79 Å². The van der Waals surface area contributed by atoms with E-state index in [-0.39, 0.29) is 23.8 Å². The van der Waals surface area contributed by atoms with Crippen molar-refractivity contribution in [3.05, 3.63) is 35.4 Å². The van der Waals surface area contributed by atoms with E-state index in [1.165, 1.54) is 36.8 Å². The highest BCUT2D eigenvalue weighted by Gasteiger charge is 2.54. The molecule has 0 radical (unpaired) electrons. The van der Waals surface area contributed by atoms with Crippen molar-refractivity contribution < 1.29 is 14.7 Å². The Morgan fingerprint density at radius 2 is 1.83 bits per heavy atom. The molecule has 1 aromatic carbocycles. The molecule has 1 saturated heterocycles. The van der Waals surface area contributed by atoms with Gasteiger partial charge in [-0.2, -0.15) is 0 Å². The number of carbonyl (C=O) groups is 2. The molecule has 6 aliphatic rings. The summed E-state index contributed by atoms with van der Waals surface area (Å²) in [4.78, 5) is 26.5. The molecule has 6 unspecified atom stereocenters. The van der Waals surface area contributed by atoms with Crippen molar-refractivity contribution in [1.82, 2.24) is 10.2 Å². The number of carboxylic acid groups (broad SMARTS) is 1. The summed E-state index contributed by atoms with van der Waals surface area (Å²) < 4.78 is 0. The number of fused-ring (bicyclic) bond motifs is 2. The van der Waals surface area contributed by atoms with Crippen LogP contribution in [-0.2, 0) is 10.2 Å². The zero-order valence-electron chi connectivity index (χ0n) is 17.6. The van der Waals surface area contributed by atoms with E-state index in [1.807, 2.05) is 11.0 Å². The summed E-state index contributed by atoms with van der Waals surface area (Å²) in [6.07, 6.45) is 8.37. The van der Waals surface area contributed by atoms with Crippen LogP contribution in [0.2, 0.25) is 0 Å². The molecule has 4 saturated carbocycles. The van der Waals surface area contributed by atoms with E-state index >= 15 is 0 Å². The Balaban J connectivity index is 1.13. The van der Waals surface area contributed by atoms with Gasteiger partial charge in [0.25, 0.3) is 0 Å². The second-order valence-corrected chi connectivity index (χ2v) is 10.8. The van der Waals surface area contributed by atoms with Crippen molar-refractivity contribution in [2.75, 3.05) is 13.1 Å². The molecule has 30 heavy (non-hydrogen) atoms. The molecule has 1 aromatic rings. The van der Waals surface area contributed by atoms with Crippen molar-refractivity contribution >= 4 is 12.0 Å². The van der Waals surface area contributed by atoms with E-state index in [1.54, 1.807) is 0 Å². The minimum Gasteiger partial charge on any atom is -0.481 e. The summed E-state index contributed by atoms with van der Waals surface area (Å²) in [5, 5.41) is 12.8. The van der Waals surface area contributed by atoms with Crippen LogP contribution in [0.1, 0.15) is 68.4 Å². The van der Waals surface area contributed by atoms with Crippen LogP contribution in [0.25, 0.3) is 0 Å². The van der Waals surface area contributed by atoms with Crippen LogP contribution in [0, 0.1) is 23.7 Å². The van der Waals surface area contributed by atoms with E-state index in [4.69, 9.17) is 0 Å². The number of hydrogen-bond donors (Lipinski definition) is 2. The molecule has 0 aromatic heterocycles. The van der Waals surface area contributed by atoms with Crippen molar-refractivity contribution in [2.24, 2.45) is 23.7 Å². The summed E-state index contributed by atoms with van der Waals surface area (Å²) in [5.41, 5.74) is 2.59. The molecular weight excluding hydrogens is 376 g/mol. The molecule has 7 rings (SSSR count). The molecule has 5 nitrogen and oxygen atoms in total. The molecule has 6 atom stereocenters. The first kappa shape index (κ1) is 18.7. The van der Waals surface area contributed by atoms with Gasteiger partial charge in [0.2, 0.25) is 0 Å². The fourth-order valence-corrected chi connectivity index (χ4v) is 8.23. The number of hydrogen-bond acceptors (Lipinski definition) is 2. The third kappa shape index (κ3) is 2.80. The summed E-state index contributed by atoms with van der Waals surface area (Å²) in [7, 11) is 0. The number of carboxylic acids is 1. The molecule has 5 heteroatoms. The fraction of sp³-hybridized carbons (Fsp3) is 0.680. The monoisotopic (exact) mass is 408 g/mol. The average Bonchev–Trinajstić information content (AvgIpc) is 3.27. The van der Waals surface area contributed by atoms with Crippen molar-refractivity contribution in [1.29, 1.82) is 0 Å². The number of piperidine rings is 1. The molecule has 2 N–H and O–H groups in total. The van der Waals surface area contributed by atoms with Crippen molar-refractivity contribution in [3.63, 3.8) is 0 Å². The Hall–Kier alpha value is -2.04. The molecular formula is C25H32N2O3. The molecule has 2 amide bonds. The van der Waals surface area contributed by atoms with Crippen LogP contribution in [0.3, 0.4) is 0 Å². The largest absolute Gasteiger partial charge is 0.481 e. The highest BCUT2D eigenvalue weighted by molar-refractivity contribution is 5.75. The summed E-state index contributed by atoms with van der Waals surface area (Å²) in [6.45, 7) is 1.54. The Kier molecular flexibility index (Phi) is 4.20. The third-order valence-corrected chi connectivity index (χ3v) is 9.39. The molecule has 1 spiro atoms. The quantitative estimate of drug-likeness (QED) is 0.790. The molecule has 160 valence electrons. The van der Waals surface area contributed by atoms with Crippen LogP contribution in [0.5, 0.6) is 0 Å². The summed E-state index contributed by atoms with van der Waals surface area (Å²) >= 11 is 0. The normalized spacial score (nSPS) is 37.5. The zero-order chi connectivity index (χ0) is 20.5. The summed E-state index contributed by atoms with van der Waals surface area (Å²) in [5.74, 6) is 2.62. The maximum atomic E-state index is 13.1. The molecule has 1 heterocycles. The SMILES string of the molecule is O=C(O)CC1CC2(CCN(C(=O)NC3C4CC5CC(C4)C3C5)CC2)c2ccccc21. The van der Waals surface area contributed by atoms with Gasteiger partial charge in [-0.15, -0.1) is 0 Å². The molecule has 5 aliphatic carbocycles. The Bertz CT molecular complexity index is 871. The smallest absolute Gasteiger partial charge is 0.317 e. The van der Waals surface area contributed by atoms with Gasteiger partial charge in [-0.3, -0.25) is 4.79 Å². The van der Waals surface area contributed by atoms with Gasteiger partial charge >= 0.3 is 12.0 Å². The standard InChI is InChI=1S/C25H32N2O3/c28-22(29)13-18-14-25(21-4-2-1-3-19(18)21)5-7-27(8-6-25)24(30)26-23-17-10-15-9-16(12-17)20(23)11-15/h1-4,15-18,20,23H,5-14H2,(H,26,30)(H,28,29). The number of aliphatic carboxylic acids is 1. The maximum Gasteiger partial charge on any atom is 0.317 e. The lowest BCUT2D eigenvalue weighted by atomic mass is 9.73. The van der Waals surface area contributed by atoms with E-state index < -0.39 is 5.97 Å². The van der Waals surface area contributed by atoms with E-state index in [2.05, 4.69) is 23.5 Å². The Morgan fingerprint density at radius 1 is 1.07 bits per heavy atom. The lowest BCUT2D eigenvalue weighted by molar-refractivity contribution is -0.137. The number of amides is 2. The number of likely N-dealkylation sites (tertiary alicyclic amines) is 1. The average molecular weight is 409 g/mol. The van der Waals surface area contributed by atoms with Gasteiger partial charge in [0, 0.05) is 19.1 Å². The Labute approximate surface area is 178 Å². The van der Waals surface area contributed by atoms with Crippen LogP contribution in [0.4, 0.5) is 4.79 Å². The number of carbonyl (C=O) groups excluding carboxylic acids is 1. The van der Waals surface area contributed by atoms with Crippen LogP contribution in [0.15, 0.2) is 24.3 Å². The van der Waals surface area contributed by atoms with Crippen molar-refractivity contribution in [2.45, 2.75) is 68.7 Å². The van der Waals surface area contributed by atoms with Gasteiger partial charge in [0.1, 0.15) is 0 Å². The van der Waals surface area contributed by atoms with Gasteiger partial charge < -0.3 is 15.3 Å². The highest BCUT2D eigenvalue weighted by atomic mass is 16.4. The second kappa shape index (κ2) is 6.73. The lowest BCUT2D eigenvalue weighted by Crippen LogP contribution is -2.53. The Morgan fingerprint density at radius 3 is 2.60 bits per heavy atom. The van der Waals surface area contributed by atoms with Crippen LogP contribution in [-0.4, -0.2) is 41.1 Å². The molecule has 1 aliphatic heterocycles. The zero-order valence-corrected chi connectivity index (χ0v) is 17.6. The number of nitrogens with zero attached hydrogens (tertiary/aromatic N) is 1. The number of nitrogens with one attached hydrogen (secondary N) is 1. The molecule has 5 fully saturated rings. The summed E-state index contributed by atoms with van der Waals surface area (Å²) in [6, 6.07) is 8.95. The van der Waals surface area contributed by atoms with Crippen molar-refractivity contribution in [3.8, 4) is 0 Å². The number of benzene rings is 1. The predicted molar refractivity (Wildman–Crippen MR) is 113 cm³/mol. The van der Waals surface area contributed by atoms with Gasteiger partial charge in [0.05, 0.1) is 6.42 Å². The topological polar surface area (TPSA) is 69.6 Å². The minimum atomic E-state index is -0.719. The first-order valence-electron chi connectivity index (χ1n) is 11.9. The fourth-order valence-electron chi connectivity index (χ4n) is 8.23. The number of urea groups is 1. The maximum absolute atomic E-state index is 13.1. The van der Waals surface area contributed by atoms with E-state index in [0.717, 1.165) is 50.1 Å². The molecule has 4 bridgehead atoms. The van der Waals surface area contributed by atoms with Gasteiger partial charge in [-0.1, -0.05) is 24.3 Å². The number of rotatable bonds is 3. The third-order valence-electron chi connectivity index (χ3n) is 9.39. The first-order chi connectivity index (χ1) is 14.5. The first-order valence-corrected chi connectivity index (χ1v) is 11.9. The van der Waals surface area contributed by atoms with Crippen LogP contribution >= 0.6 is 0 Å². The van der Waals surface area contributed by atoms with E-state index in [0.29, 0.717) is 12.0 Å². The predicted octanol–water partition coefficient (Wildman–Crippen LogP) is 4.13. The lowest BCUT2D eigenvalue weighted by Gasteiger charge is -2.41. The minimum absolute atomic E-state index is 0.0403. The van der Waals surface area contributed by atoms with Gasteiger partial charge in [-0.05, 0) is 91.1 Å². The second-order valence-electron chi connectivity index (χ2n) is 10.8. The van der Waals surface area contributed by atoms with E-state index in [9.17, 15) is 14.7 Å². The van der Waals surface area contributed by atoms with Crippen LogP contribution < -0.4 is 5.32 Å².